The molecular formula is C20H23N2O+. The van der Waals surface area contributed by atoms with Crippen LogP contribution in [0, 0.1) is 0 Å². The highest BCUT2D eigenvalue weighted by molar-refractivity contribution is 5.81. The van der Waals surface area contributed by atoms with Crippen molar-refractivity contribution in [2.75, 3.05) is 0 Å². The molecule has 2 aromatic carbocycles. The largest absolute Gasteiger partial charge is 0.344 e. The number of nitrogens with two attached hydrogens (primary N) is 1. The summed E-state index contributed by atoms with van der Waals surface area (Å²) in [5.74, 6) is 0.182. The van der Waals surface area contributed by atoms with Gasteiger partial charge >= 0.3 is 0 Å². The summed E-state index contributed by atoms with van der Waals surface area (Å²) in [5.41, 5.74) is 5.38. The van der Waals surface area contributed by atoms with Gasteiger partial charge in [0.1, 0.15) is 6.54 Å². The van der Waals surface area contributed by atoms with Gasteiger partial charge in [0.25, 0.3) is 5.91 Å². The highest BCUT2D eigenvalue weighted by Crippen LogP contribution is 2.29. The number of amides is 1. The molecule has 4 rings (SSSR count). The summed E-state index contributed by atoms with van der Waals surface area (Å²) in [5, 5.41) is 5.48. The van der Waals surface area contributed by atoms with E-state index in [1.54, 1.807) is 0 Å². The summed E-state index contributed by atoms with van der Waals surface area (Å²) in [4.78, 5) is 12.7. The van der Waals surface area contributed by atoms with Crippen molar-refractivity contribution in [2.24, 2.45) is 0 Å². The number of aryl methyl sites for hydroxylation is 1. The van der Waals surface area contributed by atoms with Crippen molar-refractivity contribution in [2.45, 2.75) is 44.3 Å². The first-order valence-electron chi connectivity index (χ1n) is 8.59. The molecule has 2 aliphatic rings. The first kappa shape index (κ1) is 14.5. The van der Waals surface area contributed by atoms with Gasteiger partial charge in [-0.2, -0.15) is 0 Å². The predicted octanol–water partition coefficient (Wildman–Crippen LogP) is 1.87. The van der Waals surface area contributed by atoms with Crippen molar-refractivity contribution < 1.29 is 10.1 Å². The fourth-order valence-electron chi connectivity index (χ4n) is 3.93. The minimum absolute atomic E-state index is 0.000936. The van der Waals surface area contributed by atoms with E-state index in [1.807, 2.05) is 0 Å². The Morgan fingerprint density at radius 1 is 1.00 bits per heavy atom. The van der Waals surface area contributed by atoms with Crippen LogP contribution in [0.25, 0.3) is 0 Å². The van der Waals surface area contributed by atoms with E-state index in [-0.39, 0.29) is 18.0 Å². The number of rotatable bonds is 2. The van der Waals surface area contributed by atoms with E-state index < -0.39 is 0 Å². The van der Waals surface area contributed by atoms with Crippen molar-refractivity contribution in [3.8, 4) is 0 Å². The predicted molar refractivity (Wildman–Crippen MR) is 89.8 cm³/mol. The number of hydrogen-bond acceptors (Lipinski definition) is 1. The highest BCUT2D eigenvalue weighted by Gasteiger charge is 2.30. The molecule has 0 bridgehead atoms. The van der Waals surface area contributed by atoms with Crippen LogP contribution in [0.5, 0.6) is 0 Å². The second-order valence-electron chi connectivity index (χ2n) is 6.67. The molecule has 0 radical (unpaired) electrons. The minimum atomic E-state index is -0.000936. The molecule has 1 aliphatic carbocycles. The quantitative estimate of drug-likeness (QED) is 0.874. The topological polar surface area (TPSA) is 45.7 Å². The summed E-state index contributed by atoms with van der Waals surface area (Å²) in [6.45, 7) is 0.898. The minimum Gasteiger partial charge on any atom is -0.344 e. The third kappa shape index (κ3) is 2.89. The maximum Gasteiger partial charge on any atom is 0.279 e. The second kappa shape index (κ2) is 6.17. The molecule has 23 heavy (non-hydrogen) atoms. The zero-order chi connectivity index (χ0) is 15.6. The normalized spacial score (nSPS) is 22.8. The molecule has 0 spiro atoms. The number of hydrogen-bond donors (Lipinski definition) is 2. The van der Waals surface area contributed by atoms with Gasteiger partial charge in [0.05, 0.1) is 6.04 Å². The van der Waals surface area contributed by atoms with E-state index in [9.17, 15) is 4.79 Å². The maximum absolute atomic E-state index is 12.7. The Morgan fingerprint density at radius 3 is 2.61 bits per heavy atom. The summed E-state index contributed by atoms with van der Waals surface area (Å²) >= 11 is 0. The Bertz CT molecular complexity index is 725. The van der Waals surface area contributed by atoms with Crippen LogP contribution in [0.4, 0.5) is 0 Å². The van der Waals surface area contributed by atoms with E-state index >= 15 is 0 Å². The van der Waals surface area contributed by atoms with Gasteiger partial charge in [-0.3, -0.25) is 4.79 Å². The first-order chi connectivity index (χ1) is 11.3. The average molecular weight is 307 g/mol. The number of nitrogens with one attached hydrogen (secondary N) is 1. The molecule has 3 heteroatoms. The molecule has 0 unspecified atom stereocenters. The number of benzene rings is 2. The molecule has 0 saturated carbocycles. The molecule has 0 saturated heterocycles. The van der Waals surface area contributed by atoms with Gasteiger partial charge in [-0.15, -0.1) is 0 Å². The van der Waals surface area contributed by atoms with E-state index in [0.717, 1.165) is 32.2 Å². The van der Waals surface area contributed by atoms with E-state index in [4.69, 9.17) is 0 Å². The Hall–Kier alpha value is -2.13. The zero-order valence-corrected chi connectivity index (χ0v) is 13.3. The SMILES string of the molecule is O=C(N[C@H]1CCCc2ccccc21)[C@@H]1Cc2ccccc2C[NH2+]1. The van der Waals surface area contributed by atoms with Crippen LogP contribution < -0.4 is 10.6 Å². The van der Waals surface area contributed by atoms with Crippen molar-refractivity contribution >= 4 is 5.91 Å². The summed E-state index contributed by atoms with van der Waals surface area (Å²) < 4.78 is 0. The Morgan fingerprint density at radius 2 is 1.74 bits per heavy atom. The lowest BCUT2D eigenvalue weighted by atomic mass is 9.87. The van der Waals surface area contributed by atoms with Crippen molar-refractivity contribution in [3.05, 3.63) is 70.8 Å². The summed E-state index contributed by atoms with van der Waals surface area (Å²) in [6, 6.07) is 17.2. The van der Waals surface area contributed by atoms with Gasteiger partial charge in [0.15, 0.2) is 6.04 Å². The third-order valence-corrected chi connectivity index (χ3v) is 5.20. The molecule has 2 aromatic rings. The molecule has 3 N–H and O–H groups in total. The number of quaternary nitrogens is 1. The smallest absolute Gasteiger partial charge is 0.279 e. The van der Waals surface area contributed by atoms with Crippen molar-refractivity contribution in [1.82, 2.24) is 5.32 Å². The molecule has 1 amide bonds. The molecule has 3 nitrogen and oxygen atoms in total. The Balaban J connectivity index is 1.47. The number of carbonyl (C=O) groups is 1. The molecule has 118 valence electrons. The van der Waals surface area contributed by atoms with Crippen LogP contribution >= 0.6 is 0 Å². The lowest BCUT2D eigenvalue weighted by Gasteiger charge is -2.29. The fourth-order valence-corrected chi connectivity index (χ4v) is 3.93. The van der Waals surface area contributed by atoms with E-state index in [1.165, 1.54) is 22.3 Å². The number of fused-ring (bicyclic) bond motifs is 2. The van der Waals surface area contributed by atoms with Gasteiger partial charge in [-0.05, 0) is 36.0 Å². The number of carbonyl (C=O) groups excluding carboxylic acids is 1. The van der Waals surface area contributed by atoms with Gasteiger partial charge in [-0.25, -0.2) is 0 Å². The summed E-state index contributed by atoms with van der Waals surface area (Å²) in [7, 11) is 0. The molecule has 1 heterocycles. The summed E-state index contributed by atoms with van der Waals surface area (Å²) in [6.07, 6.45) is 4.16. The maximum atomic E-state index is 12.7. The highest BCUT2D eigenvalue weighted by atomic mass is 16.2. The van der Waals surface area contributed by atoms with Crippen LogP contribution in [0.2, 0.25) is 0 Å². The second-order valence-corrected chi connectivity index (χ2v) is 6.67. The monoisotopic (exact) mass is 307 g/mol. The zero-order valence-electron chi connectivity index (χ0n) is 13.3. The lowest BCUT2D eigenvalue weighted by molar-refractivity contribution is -0.695. The van der Waals surface area contributed by atoms with Gasteiger partial charge in [-0.1, -0.05) is 48.5 Å². The molecule has 2 atom stereocenters. The van der Waals surface area contributed by atoms with Gasteiger partial charge in [0.2, 0.25) is 0 Å². The molecule has 0 fully saturated rings. The lowest BCUT2D eigenvalue weighted by Crippen LogP contribution is -2.93. The first-order valence-corrected chi connectivity index (χ1v) is 8.59. The average Bonchev–Trinajstić information content (AvgIpc) is 2.61. The van der Waals surface area contributed by atoms with Crippen molar-refractivity contribution in [1.29, 1.82) is 0 Å². The molecular weight excluding hydrogens is 284 g/mol. The van der Waals surface area contributed by atoms with E-state index in [2.05, 4.69) is 59.2 Å². The molecule has 0 aromatic heterocycles. The van der Waals surface area contributed by atoms with Gasteiger partial charge < -0.3 is 10.6 Å². The van der Waals surface area contributed by atoms with Gasteiger partial charge in [0, 0.05) is 12.0 Å². The van der Waals surface area contributed by atoms with Crippen LogP contribution in [-0.2, 0) is 24.2 Å². The van der Waals surface area contributed by atoms with Crippen LogP contribution in [0.15, 0.2) is 48.5 Å². The van der Waals surface area contributed by atoms with E-state index in [0.29, 0.717) is 0 Å². The fraction of sp³-hybridized carbons (Fsp3) is 0.350. The van der Waals surface area contributed by atoms with Crippen LogP contribution in [0.3, 0.4) is 0 Å². The standard InChI is InChI=1S/C20H22N2O/c23-20(19-12-15-7-1-2-8-16(15)13-21-19)22-18-11-5-9-14-6-3-4-10-17(14)18/h1-4,6-8,10,18-19,21H,5,9,11-13H2,(H,22,23)/p+1/t18-,19-/m0/s1. The third-order valence-electron chi connectivity index (χ3n) is 5.20. The van der Waals surface area contributed by atoms with Crippen LogP contribution in [0.1, 0.15) is 41.1 Å². The molecule has 1 aliphatic heterocycles. The van der Waals surface area contributed by atoms with Crippen molar-refractivity contribution in [3.63, 3.8) is 0 Å². The Labute approximate surface area is 137 Å². The Kier molecular flexibility index (Phi) is 3.88. The van der Waals surface area contributed by atoms with Crippen LogP contribution in [-0.4, -0.2) is 11.9 Å².